The molecule has 0 aromatic carbocycles. The van der Waals surface area contributed by atoms with Gasteiger partial charge in [-0.05, 0) is 65.8 Å². The van der Waals surface area contributed by atoms with Crippen LogP contribution >= 0.6 is 0 Å². The lowest BCUT2D eigenvalue weighted by Gasteiger charge is -2.42. The van der Waals surface area contributed by atoms with Crippen molar-refractivity contribution in [3.8, 4) is 0 Å². The van der Waals surface area contributed by atoms with E-state index in [1.807, 2.05) is 13.8 Å². The second-order valence-electron chi connectivity index (χ2n) is 13.1. The van der Waals surface area contributed by atoms with Gasteiger partial charge in [-0.15, -0.1) is 0 Å². The molecule has 12 heteroatoms. The summed E-state index contributed by atoms with van der Waals surface area (Å²) in [6.07, 6.45) is 6.20. The normalized spacial score (nSPS) is 29.5. The van der Waals surface area contributed by atoms with E-state index in [4.69, 9.17) is 23.7 Å². The van der Waals surface area contributed by atoms with Crippen LogP contribution in [0.15, 0.2) is 11.6 Å². The Hall–Kier alpha value is -2.41. The van der Waals surface area contributed by atoms with E-state index in [0.717, 1.165) is 38.5 Å². The van der Waals surface area contributed by atoms with Crippen LogP contribution in [-0.2, 0) is 28.5 Å². The van der Waals surface area contributed by atoms with Crippen LogP contribution in [0.25, 0.3) is 0 Å². The number of carbonyl (C=O) groups is 3. The molecule has 0 aromatic heterocycles. The number of epoxide rings is 2. The van der Waals surface area contributed by atoms with E-state index in [-0.39, 0.29) is 42.2 Å². The number of unbranched alkanes of at least 4 members (excludes halogenated alkanes) is 3. The molecule has 1 spiro atoms. The molecular weight excluding hydrogens is 568 g/mol. The van der Waals surface area contributed by atoms with E-state index in [2.05, 4.69) is 48.1 Å². The SMILES string of the molecule is CNCC(=O)NCCCCCCNC(=O)OCC(NC(=O)OC1CCC2(CO2)C(C2(C)OC2CC=C(C)C)C1OC)C(C)C. The predicted molar refractivity (Wildman–Crippen MR) is 166 cm³/mol. The summed E-state index contributed by atoms with van der Waals surface area (Å²) in [6.45, 7) is 12.3. The van der Waals surface area contributed by atoms with Gasteiger partial charge in [0.05, 0.1) is 31.2 Å². The van der Waals surface area contributed by atoms with Crippen molar-refractivity contribution in [1.82, 2.24) is 21.3 Å². The van der Waals surface area contributed by atoms with Gasteiger partial charge in [0.2, 0.25) is 5.91 Å². The molecule has 1 aliphatic carbocycles. The zero-order valence-electron chi connectivity index (χ0n) is 27.8. The van der Waals surface area contributed by atoms with Gasteiger partial charge in [0.25, 0.3) is 0 Å². The third-order valence-corrected chi connectivity index (χ3v) is 9.03. The lowest BCUT2D eigenvalue weighted by atomic mass is 9.68. The highest BCUT2D eigenvalue weighted by Gasteiger charge is 2.72. The Kier molecular flexibility index (Phi) is 13.7. The minimum absolute atomic E-state index is 0.00945. The zero-order valence-corrected chi connectivity index (χ0v) is 27.8. The fourth-order valence-corrected chi connectivity index (χ4v) is 6.26. The predicted octanol–water partition coefficient (Wildman–Crippen LogP) is 3.44. The van der Waals surface area contributed by atoms with Gasteiger partial charge in [-0.3, -0.25) is 4.79 Å². The van der Waals surface area contributed by atoms with E-state index < -0.39 is 29.9 Å². The Labute approximate surface area is 263 Å². The Balaban J connectivity index is 1.40. The maximum Gasteiger partial charge on any atom is 0.407 e. The third-order valence-electron chi connectivity index (χ3n) is 9.03. The largest absolute Gasteiger partial charge is 0.447 e. The third kappa shape index (κ3) is 10.3. The molecule has 0 radical (unpaired) electrons. The molecule has 12 nitrogen and oxygen atoms in total. The van der Waals surface area contributed by atoms with Crippen LogP contribution in [0.1, 0.15) is 79.6 Å². The molecule has 3 aliphatic rings. The summed E-state index contributed by atoms with van der Waals surface area (Å²) in [6, 6.07) is -0.414. The van der Waals surface area contributed by atoms with Gasteiger partial charge in [-0.1, -0.05) is 38.3 Å². The molecule has 2 saturated heterocycles. The summed E-state index contributed by atoms with van der Waals surface area (Å²) in [5.74, 6) is -0.0527. The van der Waals surface area contributed by atoms with Crippen molar-refractivity contribution in [2.24, 2.45) is 11.8 Å². The van der Waals surface area contributed by atoms with Crippen LogP contribution < -0.4 is 21.3 Å². The standard InChI is InChI=1S/C32H56N4O8/c1-21(2)12-13-25-31(5,44-25)28-27(40-7)24(14-15-32(28)20-42-32)43-30(39)36-23(22(3)4)19-41-29(38)35-17-11-9-8-10-16-34-26(37)18-33-6/h12,22-25,27-28,33H,8-11,13-20H2,1-7H3,(H,34,37)(H,35,38)(H,36,39). The first-order valence-corrected chi connectivity index (χ1v) is 16.2. The van der Waals surface area contributed by atoms with Gasteiger partial charge in [-0.2, -0.15) is 0 Å². The highest BCUT2D eigenvalue weighted by Crippen LogP contribution is 2.59. The van der Waals surface area contributed by atoms with Crippen LogP contribution in [-0.4, -0.2) is 101 Å². The first-order chi connectivity index (χ1) is 21.0. The zero-order chi connectivity index (χ0) is 32.3. The van der Waals surface area contributed by atoms with Gasteiger partial charge in [0, 0.05) is 20.2 Å². The Bertz CT molecular complexity index is 983. The average Bonchev–Trinajstić information content (AvgIpc) is 3.88. The highest BCUT2D eigenvalue weighted by atomic mass is 16.6. The number of carbonyl (C=O) groups excluding carboxylic acids is 3. The van der Waals surface area contributed by atoms with E-state index in [1.165, 1.54) is 5.57 Å². The molecule has 0 bridgehead atoms. The van der Waals surface area contributed by atoms with Gasteiger partial charge >= 0.3 is 12.2 Å². The summed E-state index contributed by atoms with van der Waals surface area (Å²) in [5.41, 5.74) is 0.547. The van der Waals surface area contributed by atoms with E-state index >= 15 is 0 Å². The fraction of sp³-hybridized carbons (Fsp3) is 0.844. The van der Waals surface area contributed by atoms with Gasteiger partial charge in [0.15, 0.2) is 0 Å². The molecular formula is C32H56N4O8. The lowest BCUT2D eigenvalue weighted by molar-refractivity contribution is -0.120. The minimum Gasteiger partial charge on any atom is -0.447 e. The first kappa shape index (κ1) is 36.1. The molecule has 44 heavy (non-hydrogen) atoms. The average molecular weight is 625 g/mol. The molecule has 7 atom stereocenters. The molecule has 4 N–H and O–H groups in total. The summed E-state index contributed by atoms with van der Waals surface area (Å²) in [5, 5.41) is 11.3. The molecule has 7 unspecified atom stereocenters. The fourth-order valence-electron chi connectivity index (χ4n) is 6.26. The van der Waals surface area contributed by atoms with E-state index in [9.17, 15) is 14.4 Å². The van der Waals surface area contributed by atoms with Gasteiger partial charge in [-0.25, -0.2) is 9.59 Å². The summed E-state index contributed by atoms with van der Waals surface area (Å²) in [4.78, 5) is 36.7. The molecule has 3 amide bonds. The topological polar surface area (TPSA) is 152 Å². The quantitative estimate of drug-likeness (QED) is 0.102. The number of allylic oxidation sites excluding steroid dienone is 1. The number of hydrogen-bond donors (Lipinski definition) is 4. The Morgan fingerprint density at radius 3 is 2.32 bits per heavy atom. The highest BCUT2D eigenvalue weighted by molar-refractivity contribution is 5.77. The van der Waals surface area contributed by atoms with Gasteiger partial charge < -0.3 is 45.0 Å². The second-order valence-corrected chi connectivity index (χ2v) is 13.1. The maximum atomic E-state index is 13.1. The van der Waals surface area contributed by atoms with Crippen LogP contribution in [0.2, 0.25) is 0 Å². The van der Waals surface area contributed by atoms with Crippen molar-refractivity contribution < 1.29 is 38.1 Å². The maximum absolute atomic E-state index is 13.1. The molecule has 2 heterocycles. The number of methoxy groups -OCH3 is 1. The summed E-state index contributed by atoms with van der Waals surface area (Å²) >= 11 is 0. The van der Waals surface area contributed by atoms with Crippen LogP contribution in [0, 0.1) is 11.8 Å². The van der Waals surface area contributed by atoms with Crippen LogP contribution in [0.4, 0.5) is 9.59 Å². The van der Waals surface area contributed by atoms with Gasteiger partial charge in [0.1, 0.15) is 30.0 Å². The Morgan fingerprint density at radius 2 is 1.73 bits per heavy atom. The number of rotatable bonds is 18. The summed E-state index contributed by atoms with van der Waals surface area (Å²) < 4.78 is 29.6. The molecule has 0 aromatic rings. The van der Waals surface area contributed by atoms with Crippen molar-refractivity contribution in [2.45, 2.75) is 115 Å². The molecule has 3 fully saturated rings. The molecule has 3 rings (SSSR count). The number of nitrogens with one attached hydrogen (secondary N) is 4. The molecule has 2 aliphatic heterocycles. The number of ether oxygens (including phenoxy) is 5. The van der Waals surface area contributed by atoms with Crippen molar-refractivity contribution in [3.05, 3.63) is 11.6 Å². The second kappa shape index (κ2) is 16.8. The molecule has 252 valence electrons. The number of alkyl carbamates (subject to hydrolysis) is 2. The monoisotopic (exact) mass is 624 g/mol. The van der Waals surface area contributed by atoms with E-state index in [0.29, 0.717) is 32.7 Å². The van der Waals surface area contributed by atoms with Crippen molar-refractivity contribution in [2.75, 3.05) is 47.0 Å². The van der Waals surface area contributed by atoms with Crippen LogP contribution in [0.3, 0.4) is 0 Å². The minimum atomic E-state index is -0.559. The number of amides is 3. The number of likely N-dealkylation sites (N-methyl/N-ethyl adjacent to an activating group) is 1. The smallest absolute Gasteiger partial charge is 0.407 e. The van der Waals surface area contributed by atoms with E-state index in [1.54, 1.807) is 14.2 Å². The van der Waals surface area contributed by atoms with Crippen molar-refractivity contribution in [1.29, 1.82) is 0 Å². The Morgan fingerprint density at radius 1 is 1.05 bits per heavy atom. The van der Waals surface area contributed by atoms with Crippen LogP contribution in [0.5, 0.6) is 0 Å². The van der Waals surface area contributed by atoms with Crippen molar-refractivity contribution in [3.63, 3.8) is 0 Å². The molecule has 1 saturated carbocycles. The summed E-state index contributed by atoms with van der Waals surface area (Å²) in [7, 11) is 3.39. The lowest BCUT2D eigenvalue weighted by Crippen LogP contribution is -2.56. The van der Waals surface area contributed by atoms with Crippen molar-refractivity contribution >= 4 is 18.1 Å². The number of hydrogen-bond acceptors (Lipinski definition) is 9. The first-order valence-electron chi connectivity index (χ1n) is 16.2.